The molecule has 0 unspecified atom stereocenters. The van der Waals surface area contributed by atoms with Crippen molar-refractivity contribution < 1.29 is 27.9 Å². The van der Waals surface area contributed by atoms with Crippen molar-refractivity contribution in [3.05, 3.63) is 35.7 Å². The maximum absolute atomic E-state index is 13.5. The molecule has 2 aliphatic rings. The number of nitrogens with zero attached hydrogens (tertiary/aromatic N) is 5. The maximum atomic E-state index is 13.5. The van der Waals surface area contributed by atoms with Gasteiger partial charge in [-0.15, -0.1) is 0 Å². The Morgan fingerprint density at radius 2 is 2.06 bits per heavy atom. The van der Waals surface area contributed by atoms with E-state index >= 15 is 0 Å². The number of hydrogen-bond acceptors (Lipinski definition) is 7. The summed E-state index contributed by atoms with van der Waals surface area (Å²) in [6.45, 7) is 1.94. The number of rotatable bonds is 5. The molecule has 2 aliphatic heterocycles. The maximum Gasteiger partial charge on any atom is 0.394 e. The van der Waals surface area contributed by atoms with Gasteiger partial charge in [0.25, 0.3) is 0 Å². The van der Waals surface area contributed by atoms with Crippen molar-refractivity contribution in [1.82, 2.24) is 20.2 Å². The largest absolute Gasteiger partial charge is 0.396 e. The Hall–Kier alpha value is -3.74. The number of halogens is 3. The zero-order valence-electron chi connectivity index (χ0n) is 19.3. The monoisotopic (exact) mass is 503 g/mol. The van der Waals surface area contributed by atoms with Gasteiger partial charge in [0.1, 0.15) is 5.69 Å². The summed E-state index contributed by atoms with van der Waals surface area (Å²) in [5.41, 5.74) is 1.73. The number of aryl methyl sites for hydroxylation is 1. The molecule has 2 bridgehead atoms. The fourth-order valence-electron chi connectivity index (χ4n) is 4.71. The molecular weight excluding hydrogens is 479 g/mol. The van der Waals surface area contributed by atoms with Crippen LogP contribution in [0.2, 0.25) is 0 Å². The van der Waals surface area contributed by atoms with Gasteiger partial charge in [0, 0.05) is 25.2 Å². The van der Waals surface area contributed by atoms with Crippen LogP contribution in [-0.4, -0.2) is 69.0 Å². The van der Waals surface area contributed by atoms with Crippen molar-refractivity contribution in [2.75, 3.05) is 34.8 Å². The van der Waals surface area contributed by atoms with Crippen LogP contribution in [0.5, 0.6) is 0 Å². The number of piperidine rings is 1. The molecule has 0 saturated carbocycles. The number of anilines is 3. The van der Waals surface area contributed by atoms with E-state index < -0.39 is 36.9 Å². The van der Waals surface area contributed by atoms with E-state index in [1.807, 2.05) is 6.92 Å². The zero-order valence-corrected chi connectivity index (χ0v) is 19.3. The summed E-state index contributed by atoms with van der Waals surface area (Å²) in [7, 11) is 0. The predicted molar refractivity (Wildman–Crippen MR) is 125 cm³/mol. The lowest BCUT2D eigenvalue weighted by atomic mass is 9.98. The Kier molecular flexibility index (Phi) is 6.02. The number of urea groups is 1. The van der Waals surface area contributed by atoms with Crippen LogP contribution in [0.4, 0.5) is 35.3 Å². The van der Waals surface area contributed by atoms with Gasteiger partial charge in [-0.3, -0.25) is 20.1 Å². The third-order valence-corrected chi connectivity index (χ3v) is 6.59. The highest BCUT2D eigenvalue weighted by atomic mass is 19.4. The predicted octanol–water partition coefficient (Wildman–Crippen LogP) is 3.43. The van der Waals surface area contributed by atoms with Gasteiger partial charge >= 0.3 is 12.2 Å². The van der Waals surface area contributed by atoms with Crippen LogP contribution in [0.3, 0.4) is 0 Å². The number of H-pyrrole nitrogens is 1. The first-order valence-corrected chi connectivity index (χ1v) is 11.5. The normalized spacial score (nSPS) is 18.2. The lowest BCUT2D eigenvalue weighted by Gasteiger charge is -2.45. The number of fused-ring (bicyclic) bond motifs is 5. The second kappa shape index (κ2) is 9.04. The molecule has 0 aromatic carbocycles. The molecule has 13 heteroatoms. The fourth-order valence-corrected chi connectivity index (χ4v) is 4.71. The number of aromatic nitrogens is 4. The molecule has 1 saturated heterocycles. The van der Waals surface area contributed by atoms with Gasteiger partial charge in [-0.25, -0.2) is 14.8 Å². The molecule has 0 spiro atoms. The summed E-state index contributed by atoms with van der Waals surface area (Å²) < 4.78 is 39.3. The number of aliphatic hydroxyl groups excluding tert-OH is 1. The van der Waals surface area contributed by atoms with Gasteiger partial charge in [-0.05, 0) is 44.0 Å². The van der Waals surface area contributed by atoms with Crippen molar-refractivity contribution in [1.29, 1.82) is 0 Å². The Bertz CT molecular complexity index is 1330. The van der Waals surface area contributed by atoms with Crippen LogP contribution < -0.4 is 15.1 Å². The summed E-state index contributed by atoms with van der Waals surface area (Å²) in [5, 5.41) is 19.5. The van der Waals surface area contributed by atoms with E-state index in [1.54, 1.807) is 18.2 Å². The van der Waals surface area contributed by atoms with Crippen LogP contribution in [0.25, 0.3) is 11.0 Å². The van der Waals surface area contributed by atoms with E-state index in [0.29, 0.717) is 29.7 Å². The topological polar surface area (TPSA) is 127 Å². The Morgan fingerprint density at radius 3 is 2.81 bits per heavy atom. The van der Waals surface area contributed by atoms with Crippen molar-refractivity contribution in [3.8, 4) is 0 Å². The first-order valence-electron chi connectivity index (χ1n) is 11.5. The highest BCUT2D eigenvalue weighted by Gasteiger charge is 2.42. The molecule has 2 amide bonds. The summed E-state index contributed by atoms with van der Waals surface area (Å²) in [4.78, 5) is 38.4. The number of ketones is 1. The molecule has 1 fully saturated rings. The van der Waals surface area contributed by atoms with E-state index in [0.717, 1.165) is 18.7 Å². The number of aromatic amines is 1. The lowest BCUT2D eigenvalue weighted by Crippen LogP contribution is -2.56. The Balaban J connectivity index is 1.47. The minimum absolute atomic E-state index is 0.194. The molecule has 3 aromatic heterocycles. The molecule has 2 atom stereocenters. The van der Waals surface area contributed by atoms with Crippen LogP contribution in [0.1, 0.15) is 35.4 Å². The Labute approximate surface area is 203 Å². The molecule has 190 valence electrons. The Morgan fingerprint density at radius 1 is 1.25 bits per heavy atom. The first kappa shape index (κ1) is 24.0. The van der Waals surface area contributed by atoms with E-state index in [4.69, 9.17) is 5.11 Å². The van der Waals surface area contributed by atoms with E-state index in [-0.39, 0.29) is 23.4 Å². The van der Waals surface area contributed by atoms with Crippen LogP contribution >= 0.6 is 0 Å². The standard InChI is InChI=1S/C23H24F3N7O3/c1-12-4-5-15-19(27-12)30-31-20(15)29-22(36)33-14-3-2-8-32(10-14)17-7-6-16(28-21(17)33)18(35)9-13(11-34)23(24,25)26/h4-7,13-14,34H,2-3,8-11H2,1H3,(H2,27,29,30,31,36)/t13-,14-/m0/s1. The number of carbonyl (C=O) groups is 2. The molecule has 3 aromatic rings. The molecule has 5 rings (SSSR count). The number of pyridine rings is 2. The summed E-state index contributed by atoms with van der Waals surface area (Å²) in [6, 6.07) is 5.80. The summed E-state index contributed by atoms with van der Waals surface area (Å²) in [5.74, 6) is -2.56. The van der Waals surface area contributed by atoms with Crippen molar-refractivity contribution in [2.24, 2.45) is 5.92 Å². The molecule has 10 nitrogen and oxygen atoms in total. The first-order chi connectivity index (χ1) is 17.2. The third-order valence-electron chi connectivity index (χ3n) is 6.59. The van der Waals surface area contributed by atoms with Crippen LogP contribution in [0, 0.1) is 12.8 Å². The quantitative estimate of drug-likeness (QED) is 0.455. The number of alkyl halides is 3. The van der Waals surface area contributed by atoms with Crippen LogP contribution in [-0.2, 0) is 0 Å². The second-order valence-electron chi connectivity index (χ2n) is 9.05. The van der Waals surface area contributed by atoms with Gasteiger partial charge in [0.05, 0.1) is 29.6 Å². The second-order valence-corrected chi connectivity index (χ2v) is 9.05. The molecule has 5 heterocycles. The summed E-state index contributed by atoms with van der Waals surface area (Å²) >= 11 is 0. The number of nitrogens with one attached hydrogen (secondary N) is 2. The number of Topliss-reactive ketones (excluding diaryl/α,β-unsaturated/α-hetero) is 1. The highest BCUT2D eigenvalue weighted by Crippen LogP contribution is 2.39. The average molecular weight is 503 g/mol. The highest BCUT2D eigenvalue weighted by molar-refractivity contribution is 6.07. The molecule has 36 heavy (non-hydrogen) atoms. The smallest absolute Gasteiger partial charge is 0.394 e. The number of hydrogen-bond donors (Lipinski definition) is 3. The molecular formula is C23H24F3N7O3. The minimum Gasteiger partial charge on any atom is -0.396 e. The molecule has 0 radical (unpaired) electrons. The SMILES string of the molecule is Cc1ccc2c(NC(=O)N3c4nc(C(=O)C[C@@H](CO)C(F)(F)F)ccc4N4CCC[C@H]3C4)n[nH]c2n1. The number of amides is 2. The van der Waals surface area contributed by atoms with Crippen molar-refractivity contribution in [2.45, 2.75) is 38.4 Å². The van der Waals surface area contributed by atoms with Gasteiger partial charge in [0.15, 0.2) is 23.1 Å². The fraction of sp³-hybridized carbons (Fsp3) is 0.435. The van der Waals surface area contributed by atoms with Crippen molar-refractivity contribution >= 4 is 40.2 Å². The molecule has 3 N–H and O–H groups in total. The zero-order chi connectivity index (χ0) is 25.6. The van der Waals surface area contributed by atoms with Gasteiger partial charge in [-0.1, -0.05) is 0 Å². The van der Waals surface area contributed by atoms with Gasteiger partial charge in [0.2, 0.25) is 0 Å². The van der Waals surface area contributed by atoms with Gasteiger partial charge < -0.3 is 10.0 Å². The van der Waals surface area contributed by atoms with Crippen LogP contribution in [0.15, 0.2) is 24.3 Å². The number of carbonyl (C=O) groups excluding carboxylic acids is 2. The lowest BCUT2D eigenvalue weighted by molar-refractivity contribution is -0.182. The number of aliphatic hydroxyl groups is 1. The van der Waals surface area contributed by atoms with Crippen molar-refractivity contribution in [3.63, 3.8) is 0 Å². The summed E-state index contributed by atoms with van der Waals surface area (Å²) in [6.07, 6.45) is -4.11. The van der Waals surface area contributed by atoms with E-state index in [2.05, 4.69) is 30.4 Å². The van der Waals surface area contributed by atoms with E-state index in [1.165, 1.54) is 11.0 Å². The van der Waals surface area contributed by atoms with E-state index in [9.17, 15) is 22.8 Å². The average Bonchev–Trinajstić information content (AvgIpc) is 3.23. The third kappa shape index (κ3) is 4.34. The molecule has 0 aliphatic carbocycles. The minimum atomic E-state index is -4.72. The van der Waals surface area contributed by atoms with Gasteiger partial charge in [-0.2, -0.15) is 18.3 Å².